The highest BCUT2D eigenvalue weighted by molar-refractivity contribution is 7.92. The molecule has 0 radical (unpaired) electrons. The molecule has 0 bridgehead atoms. The Hall–Kier alpha value is -1.96. The molecule has 0 heterocycles. The molecule has 0 aliphatic rings. The smallest absolute Gasteiger partial charge is 0.248 e. The van der Waals surface area contributed by atoms with Crippen molar-refractivity contribution < 1.29 is 17.9 Å². The fourth-order valence-electron chi connectivity index (χ4n) is 2.84. The Morgan fingerprint density at radius 1 is 1.21 bits per heavy atom. The largest absolute Gasteiger partial charge is 0.495 e. The van der Waals surface area contributed by atoms with Gasteiger partial charge in [-0.3, -0.25) is 9.10 Å². The van der Waals surface area contributed by atoms with Crippen LogP contribution in [-0.2, 0) is 14.8 Å². The maximum atomic E-state index is 12.9. The van der Waals surface area contributed by atoms with Crippen LogP contribution in [0.15, 0.2) is 36.4 Å². The van der Waals surface area contributed by atoms with E-state index in [1.807, 2.05) is 0 Å². The van der Waals surface area contributed by atoms with Gasteiger partial charge in [0.25, 0.3) is 0 Å². The molecule has 2 aromatic rings. The van der Waals surface area contributed by atoms with E-state index >= 15 is 0 Å². The number of methoxy groups -OCH3 is 1. The number of carbonyl (C=O) groups excluding carboxylic acids is 1. The van der Waals surface area contributed by atoms with Crippen molar-refractivity contribution in [2.24, 2.45) is 0 Å². The summed E-state index contributed by atoms with van der Waals surface area (Å²) in [6.45, 7) is 3.54. The number of amides is 1. The van der Waals surface area contributed by atoms with Crippen molar-refractivity contribution in [2.45, 2.75) is 26.3 Å². The van der Waals surface area contributed by atoms with Gasteiger partial charge in [0, 0.05) is 10.7 Å². The Labute approximate surface area is 175 Å². The van der Waals surface area contributed by atoms with Crippen LogP contribution < -0.4 is 14.4 Å². The molecule has 2 aromatic carbocycles. The van der Waals surface area contributed by atoms with E-state index in [0.29, 0.717) is 16.5 Å². The number of nitrogens with one attached hydrogen (secondary N) is 1. The van der Waals surface area contributed by atoms with Crippen molar-refractivity contribution in [1.29, 1.82) is 0 Å². The predicted octanol–water partition coefficient (Wildman–Crippen LogP) is 4.49. The topological polar surface area (TPSA) is 75.7 Å². The van der Waals surface area contributed by atoms with Crippen molar-refractivity contribution in [3.63, 3.8) is 0 Å². The zero-order valence-electron chi connectivity index (χ0n) is 16.0. The summed E-state index contributed by atoms with van der Waals surface area (Å²) in [5.41, 5.74) is 1.62. The van der Waals surface area contributed by atoms with E-state index in [2.05, 4.69) is 5.32 Å². The van der Waals surface area contributed by atoms with Crippen LogP contribution in [0.2, 0.25) is 10.0 Å². The fourth-order valence-corrected chi connectivity index (χ4v) is 4.52. The van der Waals surface area contributed by atoms with Gasteiger partial charge in [-0.2, -0.15) is 0 Å². The molecule has 0 saturated heterocycles. The quantitative estimate of drug-likeness (QED) is 0.681. The van der Waals surface area contributed by atoms with Crippen molar-refractivity contribution in [3.05, 3.63) is 52.0 Å². The molecule has 6 nitrogen and oxygen atoms in total. The molecule has 0 unspecified atom stereocenters. The Morgan fingerprint density at radius 3 is 2.39 bits per heavy atom. The third-order valence-corrected chi connectivity index (χ3v) is 5.88. The third-order valence-electron chi connectivity index (χ3n) is 4.17. The number of ether oxygens (including phenoxy) is 1. The number of aryl methyl sites for hydroxylation is 1. The number of nitrogens with zero attached hydrogens (tertiary/aromatic N) is 1. The van der Waals surface area contributed by atoms with Gasteiger partial charge >= 0.3 is 0 Å². The first-order chi connectivity index (χ1) is 13.1. The minimum absolute atomic E-state index is 0.248. The molecule has 1 N–H and O–H groups in total. The van der Waals surface area contributed by atoms with Crippen LogP contribution in [-0.4, -0.2) is 33.7 Å². The standard InChI is InChI=1S/C19H22Cl2N2O4S/c1-5-17(19(24)22-16-8-6-13(20)10-12(16)2)23(28(4,25)26)14-7-9-18(27-3)15(21)11-14/h6-11,17H,5H2,1-4H3,(H,22,24)/t17-/m1/s1. The summed E-state index contributed by atoms with van der Waals surface area (Å²) < 4.78 is 31.2. The number of benzene rings is 2. The Morgan fingerprint density at radius 2 is 1.89 bits per heavy atom. The van der Waals surface area contributed by atoms with Crippen LogP contribution in [0.1, 0.15) is 18.9 Å². The van der Waals surface area contributed by atoms with Gasteiger partial charge in [-0.05, 0) is 55.3 Å². The second kappa shape index (κ2) is 9.03. The van der Waals surface area contributed by atoms with E-state index in [4.69, 9.17) is 27.9 Å². The van der Waals surface area contributed by atoms with Crippen LogP contribution in [0.4, 0.5) is 11.4 Å². The number of sulfonamides is 1. The second-order valence-electron chi connectivity index (χ2n) is 6.25. The molecule has 0 aromatic heterocycles. The highest BCUT2D eigenvalue weighted by Crippen LogP contribution is 2.32. The number of carbonyl (C=O) groups is 1. The van der Waals surface area contributed by atoms with Gasteiger partial charge in [0.15, 0.2) is 0 Å². The average Bonchev–Trinajstić information content (AvgIpc) is 2.60. The van der Waals surface area contributed by atoms with E-state index in [0.717, 1.165) is 16.1 Å². The summed E-state index contributed by atoms with van der Waals surface area (Å²) in [7, 11) is -2.30. The molecule has 2 rings (SSSR count). The Kier molecular flexibility index (Phi) is 7.20. The van der Waals surface area contributed by atoms with Crippen LogP contribution in [0.5, 0.6) is 5.75 Å². The zero-order valence-corrected chi connectivity index (χ0v) is 18.3. The molecule has 0 aliphatic carbocycles. The molecule has 1 amide bonds. The average molecular weight is 445 g/mol. The van der Waals surface area contributed by atoms with Crippen molar-refractivity contribution >= 4 is 50.5 Å². The van der Waals surface area contributed by atoms with E-state index in [1.54, 1.807) is 44.2 Å². The summed E-state index contributed by atoms with van der Waals surface area (Å²) in [6, 6.07) is 8.66. The van der Waals surface area contributed by atoms with Crippen LogP contribution in [0, 0.1) is 6.92 Å². The summed E-state index contributed by atoms with van der Waals surface area (Å²) in [5.74, 6) is -0.0431. The van der Waals surface area contributed by atoms with Crippen LogP contribution in [0.25, 0.3) is 0 Å². The summed E-state index contributed by atoms with van der Waals surface area (Å²) >= 11 is 12.1. The maximum Gasteiger partial charge on any atom is 0.248 e. The van der Waals surface area contributed by atoms with E-state index < -0.39 is 22.0 Å². The highest BCUT2D eigenvalue weighted by atomic mass is 35.5. The first-order valence-electron chi connectivity index (χ1n) is 8.48. The third kappa shape index (κ3) is 5.10. The Balaban J connectivity index is 2.42. The number of hydrogen-bond donors (Lipinski definition) is 1. The van der Waals surface area contributed by atoms with Crippen molar-refractivity contribution in [3.8, 4) is 5.75 Å². The second-order valence-corrected chi connectivity index (χ2v) is 8.95. The summed E-state index contributed by atoms with van der Waals surface area (Å²) in [4.78, 5) is 12.9. The van der Waals surface area contributed by atoms with Crippen LogP contribution >= 0.6 is 23.2 Å². The van der Waals surface area contributed by atoms with E-state index in [9.17, 15) is 13.2 Å². The van der Waals surface area contributed by atoms with Gasteiger partial charge in [-0.15, -0.1) is 0 Å². The molecule has 9 heteroatoms. The summed E-state index contributed by atoms with van der Waals surface area (Å²) in [5, 5.41) is 3.58. The molecular weight excluding hydrogens is 423 g/mol. The highest BCUT2D eigenvalue weighted by Gasteiger charge is 2.32. The van der Waals surface area contributed by atoms with E-state index in [1.165, 1.54) is 13.2 Å². The monoisotopic (exact) mass is 444 g/mol. The summed E-state index contributed by atoms with van der Waals surface area (Å²) in [6.07, 6.45) is 1.31. The minimum atomic E-state index is -3.77. The minimum Gasteiger partial charge on any atom is -0.495 e. The molecular formula is C19H22Cl2N2O4S. The Bertz CT molecular complexity index is 980. The van der Waals surface area contributed by atoms with Gasteiger partial charge in [0.2, 0.25) is 15.9 Å². The lowest BCUT2D eigenvalue weighted by Crippen LogP contribution is -2.47. The molecule has 0 saturated carbocycles. The number of anilines is 2. The molecule has 0 aliphatic heterocycles. The van der Waals surface area contributed by atoms with Gasteiger partial charge in [0.1, 0.15) is 11.8 Å². The predicted molar refractivity (Wildman–Crippen MR) is 114 cm³/mol. The molecule has 152 valence electrons. The van der Waals surface area contributed by atoms with Gasteiger partial charge in [-0.1, -0.05) is 30.1 Å². The SMILES string of the molecule is CC[C@H](C(=O)Nc1ccc(Cl)cc1C)N(c1ccc(OC)c(Cl)c1)S(C)(=O)=O. The first kappa shape index (κ1) is 22.3. The van der Waals surface area contributed by atoms with Crippen molar-refractivity contribution in [2.75, 3.05) is 23.0 Å². The zero-order chi connectivity index (χ0) is 21.1. The van der Waals surface area contributed by atoms with E-state index in [-0.39, 0.29) is 17.1 Å². The lowest BCUT2D eigenvalue weighted by Gasteiger charge is -2.30. The lowest BCUT2D eigenvalue weighted by molar-refractivity contribution is -0.117. The lowest BCUT2D eigenvalue weighted by atomic mass is 10.1. The normalized spacial score (nSPS) is 12.4. The van der Waals surface area contributed by atoms with Gasteiger partial charge < -0.3 is 10.1 Å². The molecule has 28 heavy (non-hydrogen) atoms. The number of halogens is 2. The number of rotatable bonds is 7. The van der Waals surface area contributed by atoms with Gasteiger partial charge in [0.05, 0.1) is 24.1 Å². The fraction of sp³-hybridized carbons (Fsp3) is 0.316. The van der Waals surface area contributed by atoms with Gasteiger partial charge in [-0.25, -0.2) is 8.42 Å². The van der Waals surface area contributed by atoms with Crippen LogP contribution in [0.3, 0.4) is 0 Å². The molecule has 0 spiro atoms. The molecule has 1 atom stereocenters. The first-order valence-corrected chi connectivity index (χ1v) is 11.1. The number of hydrogen-bond acceptors (Lipinski definition) is 4. The maximum absolute atomic E-state index is 12.9. The molecule has 0 fully saturated rings. The van der Waals surface area contributed by atoms with Crippen molar-refractivity contribution in [1.82, 2.24) is 0 Å².